The van der Waals surface area contributed by atoms with Crippen LogP contribution in [-0.4, -0.2) is 37.1 Å². The van der Waals surface area contributed by atoms with E-state index >= 15 is 0 Å². The SMILES string of the molecule is CCOC(=O)/C=C1\c2ccccc2N(C(C)=O)C12OC(OCC)CC2c1ccc(C)cc1. The summed E-state index contributed by atoms with van der Waals surface area (Å²) in [4.78, 5) is 27.4. The highest BCUT2D eigenvalue weighted by Crippen LogP contribution is 2.59. The first-order chi connectivity index (χ1) is 15.4. The highest BCUT2D eigenvalue weighted by atomic mass is 16.7. The number of ether oxygens (including phenoxy) is 3. The summed E-state index contributed by atoms with van der Waals surface area (Å²) in [7, 11) is 0. The summed E-state index contributed by atoms with van der Waals surface area (Å²) >= 11 is 0. The summed E-state index contributed by atoms with van der Waals surface area (Å²) < 4.78 is 17.7. The highest BCUT2D eigenvalue weighted by molar-refractivity contribution is 6.09. The average molecular weight is 436 g/mol. The molecule has 6 nitrogen and oxygen atoms in total. The Labute approximate surface area is 188 Å². The molecule has 1 saturated heterocycles. The first-order valence-electron chi connectivity index (χ1n) is 11.1. The Morgan fingerprint density at radius 1 is 1.12 bits per heavy atom. The van der Waals surface area contributed by atoms with Crippen LogP contribution in [0.15, 0.2) is 54.6 Å². The smallest absolute Gasteiger partial charge is 0.331 e. The first kappa shape index (κ1) is 22.2. The number of hydrogen-bond acceptors (Lipinski definition) is 5. The van der Waals surface area contributed by atoms with Crippen LogP contribution >= 0.6 is 0 Å². The standard InChI is InChI=1S/C26H29NO5/c1-5-30-24(29)15-22-20-9-7-8-10-23(20)27(18(4)28)26(22)21(16-25(32-26)31-6-2)19-13-11-17(3)12-14-19/h7-15,21,25H,5-6,16H2,1-4H3/b22-15+. The van der Waals surface area contributed by atoms with Crippen molar-refractivity contribution in [3.8, 4) is 0 Å². The van der Waals surface area contributed by atoms with Crippen molar-refractivity contribution in [1.29, 1.82) is 0 Å². The van der Waals surface area contributed by atoms with Gasteiger partial charge in [0.15, 0.2) is 12.0 Å². The van der Waals surface area contributed by atoms with Crippen LogP contribution in [0.4, 0.5) is 5.69 Å². The van der Waals surface area contributed by atoms with Crippen molar-refractivity contribution in [2.75, 3.05) is 18.1 Å². The van der Waals surface area contributed by atoms with Gasteiger partial charge in [0, 0.05) is 43.1 Å². The van der Waals surface area contributed by atoms with E-state index in [1.807, 2.05) is 50.2 Å². The molecule has 1 amide bonds. The number of carbonyl (C=O) groups excluding carboxylic acids is 2. The summed E-state index contributed by atoms with van der Waals surface area (Å²) in [5.41, 5.74) is 3.07. The molecule has 0 aromatic heterocycles. The molecule has 32 heavy (non-hydrogen) atoms. The van der Waals surface area contributed by atoms with Crippen LogP contribution in [0.2, 0.25) is 0 Å². The Bertz CT molecular complexity index is 1040. The molecule has 0 N–H and O–H groups in total. The third-order valence-electron chi connectivity index (χ3n) is 6.06. The molecule has 0 bridgehead atoms. The number of aryl methyl sites for hydroxylation is 1. The summed E-state index contributed by atoms with van der Waals surface area (Å²) in [6, 6.07) is 15.8. The van der Waals surface area contributed by atoms with E-state index in [0.717, 1.165) is 16.7 Å². The second-order valence-electron chi connectivity index (χ2n) is 8.08. The minimum atomic E-state index is -1.21. The lowest BCUT2D eigenvalue weighted by molar-refractivity contribution is -0.153. The third kappa shape index (κ3) is 3.63. The van der Waals surface area contributed by atoms with Gasteiger partial charge in [-0.1, -0.05) is 48.0 Å². The Balaban J connectivity index is 1.97. The van der Waals surface area contributed by atoms with Gasteiger partial charge in [-0.15, -0.1) is 0 Å². The van der Waals surface area contributed by atoms with Crippen LogP contribution < -0.4 is 4.90 Å². The van der Waals surface area contributed by atoms with Gasteiger partial charge in [-0.05, 0) is 32.4 Å². The van der Waals surface area contributed by atoms with E-state index in [1.165, 1.54) is 13.0 Å². The largest absolute Gasteiger partial charge is 0.463 e. The zero-order valence-corrected chi connectivity index (χ0v) is 19.0. The molecule has 2 heterocycles. The van der Waals surface area contributed by atoms with Gasteiger partial charge in [0.05, 0.1) is 12.3 Å². The van der Waals surface area contributed by atoms with Crippen LogP contribution in [0.5, 0.6) is 0 Å². The fourth-order valence-electron chi connectivity index (χ4n) is 4.87. The second kappa shape index (κ2) is 8.88. The minimum Gasteiger partial charge on any atom is -0.463 e. The van der Waals surface area contributed by atoms with Crippen LogP contribution in [0.25, 0.3) is 5.57 Å². The monoisotopic (exact) mass is 435 g/mol. The number of para-hydroxylation sites is 1. The van der Waals surface area contributed by atoms with Crippen molar-refractivity contribution in [1.82, 2.24) is 0 Å². The van der Waals surface area contributed by atoms with Gasteiger partial charge in [0.25, 0.3) is 0 Å². The lowest BCUT2D eigenvalue weighted by Gasteiger charge is -2.39. The molecule has 1 spiro atoms. The number of rotatable bonds is 5. The molecule has 1 fully saturated rings. The molecule has 0 saturated carbocycles. The van der Waals surface area contributed by atoms with E-state index in [9.17, 15) is 9.59 Å². The number of hydrogen-bond donors (Lipinski definition) is 0. The van der Waals surface area contributed by atoms with E-state index in [4.69, 9.17) is 14.2 Å². The van der Waals surface area contributed by atoms with Gasteiger partial charge < -0.3 is 14.2 Å². The number of fused-ring (bicyclic) bond motifs is 1. The Hall–Kier alpha value is -2.96. The lowest BCUT2D eigenvalue weighted by atomic mass is 9.81. The fourth-order valence-corrected chi connectivity index (χ4v) is 4.87. The molecule has 2 aromatic rings. The van der Waals surface area contributed by atoms with Crippen molar-refractivity contribution >= 4 is 23.1 Å². The van der Waals surface area contributed by atoms with Gasteiger partial charge >= 0.3 is 5.97 Å². The maximum Gasteiger partial charge on any atom is 0.331 e. The van der Waals surface area contributed by atoms with Crippen molar-refractivity contribution in [2.45, 2.75) is 52.0 Å². The number of carbonyl (C=O) groups is 2. The normalized spacial score (nSPS) is 25.4. The minimum absolute atomic E-state index is 0.168. The first-order valence-corrected chi connectivity index (χ1v) is 11.1. The third-order valence-corrected chi connectivity index (χ3v) is 6.06. The lowest BCUT2D eigenvalue weighted by Crippen LogP contribution is -2.52. The molecule has 3 unspecified atom stereocenters. The van der Waals surface area contributed by atoms with Gasteiger partial charge in [-0.2, -0.15) is 0 Å². The molecule has 4 rings (SSSR count). The molecule has 2 aliphatic rings. The molecular weight excluding hydrogens is 406 g/mol. The zero-order valence-electron chi connectivity index (χ0n) is 19.0. The molecule has 2 aromatic carbocycles. The second-order valence-corrected chi connectivity index (χ2v) is 8.08. The van der Waals surface area contributed by atoms with Crippen LogP contribution in [0.1, 0.15) is 49.8 Å². The van der Waals surface area contributed by atoms with Crippen molar-refractivity contribution < 1.29 is 23.8 Å². The zero-order chi connectivity index (χ0) is 22.9. The molecule has 0 radical (unpaired) electrons. The number of esters is 1. The number of benzene rings is 2. The summed E-state index contributed by atoms with van der Waals surface area (Å²) in [5, 5.41) is 0. The number of amides is 1. The predicted molar refractivity (Wildman–Crippen MR) is 122 cm³/mol. The maximum absolute atomic E-state index is 13.1. The van der Waals surface area contributed by atoms with Gasteiger partial charge in [0.2, 0.25) is 5.91 Å². The molecule has 3 atom stereocenters. The Kier molecular flexibility index (Phi) is 6.17. The van der Waals surface area contributed by atoms with Crippen LogP contribution in [-0.2, 0) is 23.8 Å². The fraction of sp³-hybridized carbons (Fsp3) is 0.385. The van der Waals surface area contributed by atoms with E-state index in [2.05, 4.69) is 12.1 Å². The molecule has 6 heteroatoms. The maximum atomic E-state index is 13.1. The van der Waals surface area contributed by atoms with Crippen molar-refractivity contribution in [3.05, 3.63) is 71.3 Å². The quantitative estimate of drug-likeness (QED) is 0.508. The van der Waals surface area contributed by atoms with E-state index in [1.54, 1.807) is 11.8 Å². The molecule has 168 valence electrons. The van der Waals surface area contributed by atoms with Crippen molar-refractivity contribution in [2.24, 2.45) is 0 Å². The number of anilines is 1. The van der Waals surface area contributed by atoms with Crippen molar-refractivity contribution in [3.63, 3.8) is 0 Å². The Morgan fingerprint density at radius 3 is 2.50 bits per heavy atom. The van der Waals surface area contributed by atoms with Crippen LogP contribution in [0, 0.1) is 6.92 Å². The predicted octanol–water partition coefficient (Wildman–Crippen LogP) is 4.57. The topological polar surface area (TPSA) is 65.1 Å². The molecule has 2 aliphatic heterocycles. The highest BCUT2D eigenvalue weighted by Gasteiger charge is 2.61. The van der Waals surface area contributed by atoms with E-state index < -0.39 is 18.0 Å². The van der Waals surface area contributed by atoms with Gasteiger partial charge in [0.1, 0.15) is 0 Å². The Morgan fingerprint density at radius 2 is 1.84 bits per heavy atom. The summed E-state index contributed by atoms with van der Waals surface area (Å²) in [6.07, 6.45) is 1.50. The summed E-state index contributed by atoms with van der Waals surface area (Å²) in [6.45, 7) is 7.98. The number of nitrogens with zero attached hydrogens (tertiary/aromatic N) is 1. The van der Waals surface area contributed by atoms with Gasteiger partial charge in [-0.25, -0.2) is 4.79 Å². The van der Waals surface area contributed by atoms with Crippen LogP contribution in [0.3, 0.4) is 0 Å². The average Bonchev–Trinajstić information content (AvgIpc) is 3.25. The summed E-state index contributed by atoms with van der Waals surface area (Å²) in [5.74, 6) is -0.871. The van der Waals surface area contributed by atoms with Gasteiger partial charge in [-0.3, -0.25) is 9.69 Å². The molecular formula is C26H29NO5. The molecule has 0 aliphatic carbocycles. The van der Waals surface area contributed by atoms with E-state index in [0.29, 0.717) is 24.3 Å². The van der Waals surface area contributed by atoms with E-state index in [-0.39, 0.29) is 18.4 Å².